The van der Waals surface area contributed by atoms with Gasteiger partial charge in [0.1, 0.15) is 0 Å². The van der Waals surface area contributed by atoms with Crippen molar-refractivity contribution in [2.24, 2.45) is 0 Å². The first-order valence-corrected chi connectivity index (χ1v) is 12.2. The smallest absolute Gasteiger partial charge is 0.408 e. The number of carbonyl (C=O) groups excluding carboxylic acids is 1. The van der Waals surface area contributed by atoms with E-state index in [0.717, 1.165) is 29.5 Å². The number of hydrogen-bond acceptors (Lipinski definition) is 6. The molecule has 2 aromatic heterocycles. The van der Waals surface area contributed by atoms with E-state index in [1.807, 2.05) is 43.6 Å². The molecule has 6 rings (SSSR count). The number of anilines is 1. The van der Waals surface area contributed by atoms with Crippen LogP contribution in [-0.2, 0) is 12.8 Å². The molecule has 1 aliphatic carbocycles. The Hall–Kier alpha value is -4.72. The molecule has 0 bridgehead atoms. The van der Waals surface area contributed by atoms with Crippen LogP contribution < -0.4 is 16.4 Å². The second-order valence-corrected chi connectivity index (χ2v) is 9.36. The lowest BCUT2D eigenvalue weighted by atomic mass is 10.0. The van der Waals surface area contributed by atoms with E-state index in [2.05, 4.69) is 49.9 Å². The van der Waals surface area contributed by atoms with Gasteiger partial charge in [-0.2, -0.15) is 0 Å². The number of rotatable bonds is 6. The Morgan fingerprint density at radius 1 is 0.973 bits per heavy atom. The van der Waals surface area contributed by atoms with Gasteiger partial charge in [0.25, 0.3) is 5.91 Å². The monoisotopic (exact) mass is 491 g/mol. The summed E-state index contributed by atoms with van der Waals surface area (Å²) in [5.74, 6) is -0.181. The van der Waals surface area contributed by atoms with Crippen LogP contribution in [0.2, 0.25) is 0 Å². The number of aromatic amines is 1. The highest BCUT2D eigenvalue weighted by Crippen LogP contribution is 2.26. The molecule has 0 saturated heterocycles. The summed E-state index contributed by atoms with van der Waals surface area (Å²) in [6.45, 7) is 1.93. The lowest BCUT2D eigenvalue weighted by Gasteiger charge is -2.16. The number of aromatic nitrogens is 3. The molecule has 37 heavy (non-hydrogen) atoms. The van der Waals surface area contributed by atoms with Crippen molar-refractivity contribution in [3.63, 3.8) is 0 Å². The highest BCUT2D eigenvalue weighted by molar-refractivity contribution is 5.97. The molecule has 8 heteroatoms. The van der Waals surface area contributed by atoms with Gasteiger partial charge in [-0.25, -0.2) is 14.8 Å². The molecule has 3 aromatic carbocycles. The largest absolute Gasteiger partial charge is 0.417 e. The molecule has 1 atom stereocenters. The molecule has 3 N–H and O–H groups in total. The van der Waals surface area contributed by atoms with Crippen LogP contribution >= 0.6 is 0 Å². The van der Waals surface area contributed by atoms with Gasteiger partial charge in [0.05, 0.1) is 11.6 Å². The van der Waals surface area contributed by atoms with Crippen molar-refractivity contribution in [1.29, 1.82) is 0 Å². The van der Waals surface area contributed by atoms with Crippen LogP contribution in [0.25, 0.3) is 22.2 Å². The van der Waals surface area contributed by atoms with Gasteiger partial charge in [-0.05, 0) is 66.3 Å². The van der Waals surface area contributed by atoms with Crippen molar-refractivity contribution >= 4 is 23.0 Å². The van der Waals surface area contributed by atoms with Crippen molar-refractivity contribution < 1.29 is 9.21 Å². The van der Waals surface area contributed by atoms with Crippen LogP contribution in [0.5, 0.6) is 0 Å². The number of oxazole rings is 1. The van der Waals surface area contributed by atoms with E-state index in [9.17, 15) is 9.59 Å². The van der Waals surface area contributed by atoms with Gasteiger partial charge >= 0.3 is 5.76 Å². The molecule has 0 saturated carbocycles. The molecule has 0 radical (unpaired) electrons. The fourth-order valence-corrected chi connectivity index (χ4v) is 4.83. The Bertz CT molecular complexity index is 1630. The Labute approximate surface area is 212 Å². The van der Waals surface area contributed by atoms with Crippen molar-refractivity contribution in [1.82, 2.24) is 20.3 Å². The lowest BCUT2D eigenvalue weighted by molar-refractivity contribution is 0.0940. The van der Waals surface area contributed by atoms with Gasteiger partial charge < -0.3 is 15.1 Å². The van der Waals surface area contributed by atoms with Gasteiger partial charge in [0.2, 0.25) is 5.95 Å². The quantitative estimate of drug-likeness (QED) is 0.319. The number of nitrogens with zero attached hydrogens (tertiary/aromatic N) is 2. The summed E-state index contributed by atoms with van der Waals surface area (Å²) in [4.78, 5) is 35.9. The van der Waals surface area contributed by atoms with E-state index >= 15 is 0 Å². The Kier molecular flexibility index (Phi) is 5.76. The van der Waals surface area contributed by atoms with E-state index in [1.165, 1.54) is 11.1 Å². The number of amides is 1. The number of benzene rings is 3. The molecule has 2 heterocycles. The standard InChI is InChI=1S/C29H25N5O3/c1-17(32-27(35)22-9-10-25-26(14-22)37-29(36)34-25)18-7-4-8-19(11-18)23-15-30-28(31-16-23)33-24-12-20-5-2-3-6-21(20)13-24/h2-11,14-17,24H,12-13H2,1H3,(H,32,35)(H,34,36)(H,30,31,33)/t17-/m1/s1. The molecule has 184 valence electrons. The third kappa shape index (κ3) is 4.73. The molecule has 8 nitrogen and oxygen atoms in total. The van der Waals surface area contributed by atoms with E-state index < -0.39 is 5.76 Å². The van der Waals surface area contributed by atoms with E-state index in [-0.39, 0.29) is 11.9 Å². The predicted octanol–water partition coefficient (Wildman–Crippen LogP) is 4.65. The van der Waals surface area contributed by atoms with Crippen LogP contribution in [0.1, 0.15) is 40.0 Å². The second-order valence-electron chi connectivity index (χ2n) is 9.36. The zero-order chi connectivity index (χ0) is 25.4. The number of H-pyrrole nitrogens is 1. The maximum atomic E-state index is 12.8. The van der Waals surface area contributed by atoms with Gasteiger partial charge in [0.15, 0.2) is 5.58 Å². The summed E-state index contributed by atoms with van der Waals surface area (Å²) < 4.78 is 5.07. The van der Waals surface area contributed by atoms with Crippen LogP contribution in [-0.4, -0.2) is 26.9 Å². The molecule has 1 amide bonds. The molecule has 1 aliphatic rings. The minimum Gasteiger partial charge on any atom is -0.408 e. The lowest BCUT2D eigenvalue weighted by Crippen LogP contribution is -2.26. The summed E-state index contributed by atoms with van der Waals surface area (Å²) in [5.41, 5.74) is 6.90. The summed E-state index contributed by atoms with van der Waals surface area (Å²) in [6, 6.07) is 21.4. The highest BCUT2D eigenvalue weighted by Gasteiger charge is 2.21. The molecule has 0 aliphatic heterocycles. The minimum atomic E-state index is -0.547. The van der Waals surface area contributed by atoms with Crippen molar-refractivity contribution in [3.05, 3.63) is 112 Å². The topological polar surface area (TPSA) is 113 Å². The van der Waals surface area contributed by atoms with Crippen molar-refractivity contribution in [2.75, 3.05) is 5.32 Å². The zero-order valence-electron chi connectivity index (χ0n) is 20.2. The maximum Gasteiger partial charge on any atom is 0.417 e. The SMILES string of the molecule is C[C@@H](NC(=O)c1ccc2[nH]c(=O)oc2c1)c1cccc(-c2cnc(NC3Cc4ccccc4C3)nc2)c1. The Morgan fingerprint density at radius 2 is 1.73 bits per heavy atom. The van der Waals surface area contributed by atoms with Gasteiger partial charge in [-0.15, -0.1) is 0 Å². The average molecular weight is 492 g/mol. The first kappa shape index (κ1) is 22.7. The fourth-order valence-electron chi connectivity index (χ4n) is 4.83. The summed E-state index contributed by atoms with van der Waals surface area (Å²) >= 11 is 0. The van der Waals surface area contributed by atoms with Crippen LogP contribution in [0.3, 0.4) is 0 Å². The van der Waals surface area contributed by atoms with Crippen LogP contribution in [0.15, 0.2) is 88.3 Å². The fraction of sp³-hybridized carbons (Fsp3) is 0.172. The summed E-state index contributed by atoms with van der Waals surface area (Å²) in [5, 5.41) is 6.46. The Balaban J connectivity index is 1.12. The van der Waals surface area contributed by atoms with Crippen LogP contribution in [0, 0.1) is 0 Å². The number of hydrogen-bond donors (Lipinski definition) is 3. The molecular weight excluding hydrogens is 466 g/mol. The maximum absolute atomic E-state index is 12.8. The molecule has 0 unspecified atom stereocenters. The molecule has 0 spiro atoms. The van der Waals surface area contributed by atoms with Crippen molar-refractivity contribution in [3.8, 4) is 11.1 Å². The van der Waals surface area contributed by atoms with Gasteiger partial charge in [0, 0.05) is 29.6 Å². The minimum absolute atomic E-state index is 0.243. The third-order valence-corrected chi connectivity index (χ3v) is 6.79. The van der Waals surface area contributed by atoms with Gasteiger partial charge in [-0.1, -0.05) is 42.5 Å². The average Bonchev–Trinajstić information content (AvgIpc) is 3.50. The number of nitrogens with one attached hydrogen (secondary N) is 3. The third-order valence-electron chi connectivity index (χ3n) is 6.79. The molecular formula is C29H25N5O3. The molecule has 0 fully saturated rings. The zero-order valence-corrected chi connectivity index (χ0v) is 20.2. The highest BCUT2D eigenvalue weighted by atomic mass is 16.4. The summed E-state index contributed by atoms with van der Waals surface area (Å²) in [6.07, 6.45) is 5.58. The number of carbonyl (C=O) groups is 1. The Morgan fingerprint density at radius 3 is 2.49 bits per heavy atom. The van der Waals surface area contributed by atoms with E-state index in [4.69, 9.17) is 4.42 Å². The summed E-state index contributed by atoms with van der Waals surface area (Å²) in [7, 11) is 0. The molecule has 5 aromatic rings. The van der Waals surface area contributed by atoms with Crippen molar-refractivity contribution in [2.45, 2.75) is 31.8 Å². The van der Waals surface area contributed by atoms with E-state index in [0.29, 0.717) is 28.7 Å². The number of fused-ring (bicyclic) bond motifs is 2. The second kappa shape index (κ2) is 9.39. The van der Waals surface area contributed by atoms with Crippen LogP contribution in [0.4, 0.5) is 5.95 Å². The first-order chi connectivity index (χ1) is 18.0. The first-order valence-electron chi connectivity index (χ1n) is 12.2. The predicted molar refractivity (Wildman–Crippen MR) is 141 cm³/mol. The van der Waals surface area contributed by atoms with Gasteiger partial charge in [-0.3, -0.25) is 9.78 Å². The van der Waals surface area contributed by atoms with E-state index in [1.54, 1.807) is 18.2 Å². The normalized spacial score (nSPS) is 13.9.